The standard InChI is InChI=1S/C18H24N6O4/c1-26-6-3-7-28-15-8-11-4-5-24-10-12(17(25)23-20)13(22-19)9-14(24)16(11)21-18(15)27-2/h8-10H,3-7,19-20H2,1-2H3,(H,23,25)/b22-13+. The maximum absolute atomic E-state index is 12.0. The van der Waals surface area contributed by atoms with Crippen LogP contribution >= 0.6 is 0 Å². The molecule has 0 atom stereocenters. The minimum absolute atomic E-state index is 0.294. The summed E-state index contributed by atoms with van der Waals surface area (Å²) >= 11 is 0. The van der Waals surface area contributed by atoms with E-state index >= 15 is 0 Å². The van der Waals surface area contributed by atoms with Gasteiger partial charge in [0.15, 0.2) is 5.75 Å². The van der Waals surface area contributed by atoms with Crippen molar-refractivity contribution < 1.29 is 19.0 Å². The van der Waals surface area contributed by atoms with Gasteiger partial charge in [-0.15, -0.1) is 0 Å². The number of nitrogen functional groups attached to an aromatic ring is 1. The molecule has 150 valence electrons. The lowest BCUT2D eigenvalue weighted by atomic mass is 10.0. The number of ether oxygens (including phenoxy) is 3. The number of nitrogens with zero attached hydrogens (tertiary/aromatic N) is 3. The van der Waals surface area contributed by atoms with E-state index in [9.17, 15) is 4.79 Å². The van der Waals surface area contributed by atoms with Crippen LogP contribution < -0.4 is 31.9 Å². The van der Waals surface area contributed by atoms with E-state index in [1.54, 1.807) is 26.5 Å². The number of carbonyl (C=O) groups excluding carboxylic acids is 1. The number of amides is 1. The lowest BCUT2D eigenvalue weighted by Crippen LogP contribution is -2.35. The number of hydrogen-bond acceptors (Lipinski definition) is 8. The Morgan fingerprint density at radius 1 is 1.36 bits per heavy atom. The number of hydrazine groups is 1. The molecule has 0 bridgehead atoms. The van der Waals surface area contributed by atoms with Crippen LogP contribution in [0, 0.1) is 0 Å². The van der Waals surface area contributed by atoms with Crippen molar-refractivity contribution in [1.29, 1.82) is 0 Å². The van der Waals surface area contributed by atoms with Crippen molar-refractivity contribution in [2.24, 2.45) is 16.8 Å². The molecule has 0 fully saturated rings. The van der Waals surface area contributed by atoms with Crippen LogP contribution in [0.4, 0.5) is 0 Å². The van der Waals surface area contributed by atoms with Crippen molar-refractivity contribution in [2.75, 3.05) is 27.4 Å². The van der Waals surface area contributed by atoms with Crippen molar-refractivity contribution in [2.45, 2.75) is 19.4 Å². The van der Waals surface area contributed by atoms with Gasteiger partial charge in [-0.05, 0) is 24.1 Å². The van der Waals surface area contributed by atoms with Crippen molar-refractivity contribution in [3.8, 4) is 23.0 Å². The van der Waals surface area contributed by atoms with Gasteiger partial charge in [0.1, 0.15) is 0 Å². The maximum Gasteiger partial charge on any atom is 0.268 e. The van der Waals surface area contributed by atoms with E-state index < -0.39 is 5.91 Å². The van der Waals surface area contributed by atoms with Crippen LogP contribution in [0.1, 0.15) is 22.3 Å². The molecule has 0 aromatic carbocycles. The Morgan fingerprint density at radius 3 is 2.86 bits per heavy atom. The maximum atomic E-state index is 12.0. The highest BCUT2D eigenvalue weighted by molar-refractivity contribution is 5.93. The van der Waals surface area contributed by atoms with Crippen LogP contribution in [0.5, 0.6) is 11.6 Å². The minimum atomic E-state index is -0.462. The summed E-state index contributed by atoms with van der Waals surface area (Å²) in [5.41, 5.74) is 4.93. The van der Waals surface area contributed by atoms with Crippen LogP contribution in [-0.2, 0) is 17.7 Å². The van der Waals surface area contributed by atoms with Gasteiger partial charge in [0.25, 0.3) is 11.8 Å². The van der Waals surface area contributed by atoms with Crippen molar-refractivity contribution in [3.63, 3.8) is 0 Å². The third-order valence-corrected chi connectivity index (χ3v) is 4.50. The third-order valence-electron chi connectivity index (χ3n) is 4.50. The van der Waals surface area contributed by atoms with Gasteiger partial charge in [0.05, 0.1) is 36.0 Å². The second kappa shape index (κ2) is 8.72. The molecule has 0 aliphatic carbocycles. The van der Waals surface area contributed by atoms with Crippen LogP contribution in [0.2, 0.25) is 0 Å². The van der Waals surface area contributed by atoms with Crippen LogP contribution in [-0.4, -0.2) is 42.9 Å². The summed E-state index contributed by atoms with van der Waals surface area (Å²) in [4.78, 5) is 16.6. The van der Waals surface area contributed by atoms with Gasteiger partial charge in [-0.3, -0.25) is 10.2 Å². The highest BCUT2D eigenvalue weighted by Gasteiger charge is 2.23. The Morgan fingerprint density at radius 2 is 2.18 bits per heavy atom. The molecule has 10 nitrogen and oxygen atoms in total. The van der Waals surface area contributed by atoms with Crippen molar-refractivity contribution in [3.05, 3.63) is 34.8 Å². The number of aromatic nitrogens is 2. The normalized spacial score (nSPS) is 12.9. The summed E-state index contributed by atoms with van der Waals surface area (Å²) in [6, 6.07) is 3.66. The first-order valence-corrected chi connectivity index (χ1v) is 8.82. The van der Waals surface area contributed by atoms with Crippen molar-refractivity contribution in [1.82, 2.24) is 15.0 Å². The van der Waals surface area contributed by atoms with E-state index in [1.165, 1.54) is 0 Å². The molecule has 0 unspecified atom stereocenters. The van der Waals surface area contributed by atoms with Gasteiger partial charge in [-0.25, -0.2) is 10.8 Å². The van der Waals surface area contributed by atoms with Gasteiger partial charge < -0.3 is 24.6 Å². The summed E-state index contributed by atoms with van der Waals surface area (Å²) in [6.45, 7) is 1.79. The molecule has 10 heteroatoms. The Kier molecular flexibility index (Phi) is 6.12. The molecular formula is C18H24N6O4. The average Bonchev–Trinajstić information content (AvgIpc) is 2.74. The average molecular weight is 388 g/mol. The van der Waals surface area contributed by atoms with Gasteiger partial charge in [-0.1, -0.05) is 0 Å². The van der Waals surface area contributed by atoms with Gasteiger partial charge in [0.2, 0.25) is 0 Å². The topological polar surface area (TPSA) is 139 Å². The molecule has 0 spiro atoms. The number of nitrogens with one attached hydrogen (secondary N) is 1. The zero-order valence-corrected chi connectivity index (χ0v) is 15.9. The largest absolute Gasteiger partial charge is 0.488 e. The number of methoxy groups -OCH3 is 2. The highest BCUT2D eigenvalue weighted by atomic mass is 16.5. The molecule has 1 aliphatic heterocycles. The Hall–Kier alpha value is -3.11. The summed E-state index contributed by atoms with van der Waals surface area (Å²) in [7, 11) is 3.20. The van der Waals surface area contributed by atoms with E-state index in [4.69, 9.17) is 25.9 Å². The molecule has 0 saturated carbocycles. The number of rotatable bonds is 7. The first-order valence-electron chi connectivity index (χ1n) is 8.82. The number of hydrogen-bond donors (Lipinski definition) is 3. The molecule has 1 aliphatic rings. The quantitative estimate of drug-likeness (QED) is 0.261. The van der Waals surface area contributed by atoms with Crippen LogP contribution in [0.15, 0.2) is 23.4 Å². The number of pyridine rings is 2. The lowest BCUT2D eigenvalue weighted by molar-refractivity contribution is 0.0951. The zero-order valence-electron chi connectivity index (χ0n) is 15.9. The first kappa shape index (κ1) is 19.6. The van der Waals surface area contributed by atoms with Crippen molar-refractivity contribution >= 4 is 5.91 Å². The monoisotopic (exact) mass is 388 g/mol. The van der Waals surface area contributed by atoms with E-state index in [0.29, 0.717) is 42.3 Å². The molecule has 28 heavy (non-hydrogen) atoms. The summed E-state index contributed by atoms with van der Waals surface area (Å²) in [5, 5.41) is 4.04. The molecule has 0 radical (unpaired) electrons. The number of fused-ring (bicyclic) bond motifs is 3. The predicted molar refractivity (Wildman–Crippen MR) is 101 cm³/mol. The molecule has 3 heterocycles. The fraction of sp³-hybridized carbons (Fsp3) is 0.389. The zero-order chi connectivity index (χ0) is 20.1. The SMILES string of the molecule is COCCCOc1cc2c(nc1OC)-c1c/c(=N\N)c(C(=O)NN)cn1CC2. The van der Waals surface area contributed by atoms with Gasteiger partial charge >= 0.3 is 0 Å². The number of nitrogens with two attached hydrogens (primary N) is 2. The van der Waals surface area contributed by atoms with Crippen LogP contribution in [0.25, 0.3) is 11.4 Å². The van der Waals surface area contributed by atoms with Crippen LogP contribution in [0.3, 0.4) is 0 Å². The van der Waals surface area contributed by atoms with E-state index in [1.807, 2.05) is 10.6 Å². The fourth-order valence-corrected chi connectivity index (χ4v) is 3.14. The van der Waals surface area contributed by atoms with E-state index in [2.05, 4.69) is 15.5 Å². The second-order valence-corrected chi connectivity index (χ2v) is 6.20. The molecule has 2 aromatic heterocycles. The molecule has 0 saturated heterocycles. The Bertz CT molecular complexity index is 940. The highest BCUT2D eigenvalue weighted by Crippen LogP contribution is 2.35. The molecular weight excluding hydrogens is 364 g/mol. The Labute approximate surface area is 162 Å². The predicted octanol–water partition coefficient (Wildman–Crippen LogP) is -0.0920. The van der Waals surface area contributed by atoms with E-state index in [0.717, 1.165) is 29.8 Å². The second-order valence-electron chi connectivity index (χ2n) is 6.20. The molecule has 5 N–H and O–H groups in total. The summed E-state index contributed by atoms with van der Waals surface area (Å²) < 4.78 is 18.2. The lowest BCUT2D eigenvalue weighted by Gasteiger charge is -2.24. The minimum Gasteiger partial charge on any atom is -0.488 e. The third kappa shape index (κ3) is 3.78. The van der Waals surface area contributed by atoms with Gasteiger partial charge in [0, 0.05) is 32.9 Å². The fourth-order valence-electron chi connectivity index (χ4n) is 3.14. The molecule has 3 rings (SSSR count). The Balaban J connectivity index is 2.02. The summed E-state index contributed by atoms with van der Waals surface area (Å²) in [5.74, 6) is 11.2. The number of carbonyl (C=O) groups is 1. The first-order chi connectivity index (χ1) is 13.6. The summed E-state index contributed by atoms with van der Waals surface area (Å²) in [6.07, 6.45) is 3.17. The number of aryl methyl sites for hydroxylation is 2. The van der Waals surface area contributed by atoms with Gasteiger partial charge in [-0.2, -0.15) is 5.10 Å². The smallest absolute Gasteiger partial charge is 0.268 e. The molecule has 2 aromatic rings. The molecule has 1 amide bonds. The van der Waals surface area contributed by atoms with E-state index in [-0.39, 0.29) is 0 Å².